The molecule has 26 heavy (non-hydrogen) atoms. The van der Waals surface area contributed by atoms with E-state index in [0.29, 0.717) is 16.5 Å². The van der Waals surface area contributed by atoms with E-state index >= 15 is 0 Å². The molecule has 10 heteroatoms. The van der Waals surface area contributed by atoms with Crippen LogP contribution in [0.2, 0.25) is 5.02 Å². The molecule has 3 aromatic rings. The van der Waals surface area contributed by atoms with Gasteiger partial charge in [0.1, 0.15) is 5.82 Å². The van der Waals surface area contributed by atoms with E-state index in [4.69, 9.17) is 33.9 Å². The highest BCUT2D eigenvalue weighted by Crippen LogP contribution is 2.41. The molecule has 4 nitrogen and oxygen atoms in total. The number of hydrogen-bond acceptors (Lipinski definition) is 5. The predicted molar refractivity (Wildman–Crippen MR) is 121 cm³/mol. The fourth-order valence-corrected chi connectivity index (χ4v) is 5.36. The molecule has 6 N–H and O–H groups in total. The summed E-state index contributed by atoms with van der Waals surface area (Å²) in [5.74, 6) is 0.631. The van der Waals surface area contributed by atoms with Crippen LogP contribution < -0.4 is 11.5 Å². The number of halogens is 3. The largest absolute Gasteiger partial charge is 0.379 e. The van der Waals surface area contributed by atoms with Crippen LogP contribution in [0.1, 0.15) is 11.1 Å². The minimum absolute atomic E-state index is 0. The summed E-state index contributed by atoms with van der Waals surface area (Å²) in [5, 5.41) is 17.1. The van der Waals surface area contributed by atoms with Crippen LogP contribution >= 0.6 is 63.4 Å². The third-order valence-corrected chi connectivity index (χ3v) is 6.65. The van der Waals surface area contributed by atoms with Crippen molar-refractivity contribution >= 4 is 94.0 Å². The first-order chi connectivity index (χ1) is 11.8. The van der Waals surface area contributed by atoms with E-state index in [2.05, 4.69) is 0 Å². The van der Waals surface area contributed by atoms with Crippen molar-refractivity contribution < 1.29 is 4.39 Å². The molecule has 0 aliphatic rings. The quantitative estimate of drug-likeness (QED) is 0.277. The Morgan fingerprint density at radius 3 is 2.00 bits per heavy atom. The number of amidine groups is 2. The zero-order chi connectivity index (χ0) is 18.1. The summed E-state index contributed by atoms with van der Waals surface area (Å²) in [6, 6.07) is 6.68. The normalized spacial score (nSPS) is 10.8. The molecule has 1 heterocycles. The molecule has 3 rings (SSSR count). The van der Waals surface area contributed by atoms with Gasteiger partial charge in [0.15, 0.2) is 10.3 Å². The Hall–Kier alpha value is -1.00. The lowest BCUT2D eigenvalue weighted by Crippen LogP contribution is -2.03. The van der Waals surface area contributed by atoms with Gasteiger partial charge < -0.3 is 11.5 Å². The maximum absolute atomic E-state index is 14.1. The van der Waals surface area contributed by atoms with Crippen LogP contribution in [0, 0.1) is 16.6 Å². The van der Waals surface area contributed by atoms with Crippen molar-refractivity contribution in [3.8, 4) is 0 Å². The fourth-order valence-electron chi connectivity index (χ4n) is 2.57. The second-order valence-electron chi connectivity index (χ2n) is 5.29. The molecule has 0 spiro atoms. The van der Waals surface area contributed by atoms with E-state index in [-0.39, 0.29) is 33.1 Å². The van der Waals surface area contributed by atoms with Gasteiger partial charge in [-0.05, 0) is 35.4 Å². The average Bonchev–Trinajstić information content (AvgIpc) is 2.88. The highest BCUT2D eigenvalue weighted by Gasteiger charge is 2.15. The van der Waals surface area contributed by atoms with Gasteiger partial charge in [-0.15, -0.1) is 28.3 Å². The monoisotopic (exact) mass is 492 g/mol. The first-order valence-corrected chi connectivity index (χ1v) is 10.3. The number of thiophene rings is 1. The first-order valence-electron chi connectivity index (χ1n) is 7.12. The Morgan fingerprint density at radius 2 is 1.46 bits per heavy atom. The Bertz CT molecular complexity index is 930. The molecule has 2 aromatic carbocycles. The van der Waals surface area contributed by atoms with Crippen LogP contribution in [0.25, 0.3) is 20.2 Å². The molecule has 0 saturated carbocycles. The molecule has 0 amide bonds. The second kappa shape index (κ2) is 8.79. The fraction of sp³-hybridized carbons (Fsp3) is 0.125. The smallest absolute Gasteiger partial charge is 0.151 e. The molecule has 0 aliphatic carbocycles. The lowest BCUT2D eigenvalue weighted by atomic mass is 10.1. The third-order valence-electron chi connectivity index (χ3n) is 3.52. The van der Waals surface area contributed by atoms with Gasteiger partial charge in [0.05, 0.1) is 0 Å². The molecular weight excluding hydrogens is 479 g/mol. The molecule has 0 fully saturated rings. The maximum Gasteiger partial charge on any atom is 0.151 e. The van der Waals surface area contributed by atoms with Crippen LogP contribution in [0.5, 0.6) is 0 Å². The van der Waals surface area contributed by atoms with Gasteiger partial charge in [0.25, 0.3) is 0 Å². The van der Waals surface area contributed by atoms with Crippen molar-refractivity contribution in [3.63, 3.8) is 0 Å². The maximum atomic E-state index is 14.1. The highest BCUT2D eigenvalue weighted by atomic mass is 79.9. The van der Waals surface area contributed by atoms with Gasteiger partial charge in [-0.25, -0.2) is 4.39 Å². The van der Waals surface area contributed by atoms with Crippen molar-refractivity contribution in [2.45, 2.75) is 11.5 Å². The van der Waals surface area contributed by atoms with E-state index in [1.807, 2.05) is 12.1 Å². The Labute approximate surface area is 177 Å². The minimum Gasteiger partial charge on any atom is -0.379 e. The molecule has 0 aliphatic heterocycles. The van der Waals surface area contributed by atoms with Gasteiger partial charge in [-0.1, -0.05) is 35.1 Å². The summed E-state index contributed by atoms with van der Waals surface area (Å²) in [6.45, 7) is 0. The van der Waals surface area contributed by atoms with E-state index in [1.165, 1.54) is 35.7 Å². The van der Waals surface area contributed by atoms with Gasteiger partial charge in [-0.3, -0.25) is 10.8 Å². The molecular formula is C16H15BrClFN4S3. The zero-order valence-corrected chi connectivity index (χ0v) is 18.2. The summed E-state index contributed by atoms with van der Waals surface area (Å²) in [5.41, 5.74) is 12.6. The number of nitrogens with one attached hydrogen (secondary N) is 2. The van der Waals surface area contributed by atoms with E-state index in [1.54, 1.807) is 11.3 Å². The molecule has 0 atom stereocenters. The van der Waals surface area contributed by atoms with Crippen LogP contribution in [-0.4, -0.2) is 10.3 Å². The van der Waals surface area contributed by atoms with Crippen molar-refractivity contribution in [1.29, 1.82) is 10.8 Å². The summed E-state index contributed by atoms with van der Waals surface area (Å²) in [7, 11) is 0. The summed E-state index contributed by atoms with van der Waals surface area (Å²) < 4.78 is 16.1. The predicted octanol–water partition coefficient (Wildman–Crippen LogP) is 5.68. The summed E-state index contributed by atoms with van der Waals surface area (Å²) >= 11 is 10.2. The molecule has 1 aromatic heterocycles. The van der Waals surface area contributed by atoms with Crippen molar-refractivity contribution in [2.24, 2.45) is 11.5 Å². The third kappa shape index (κ3) is 4.64. The molecule has 0 bridgehead atoms. The van der Waals surface area contributed by atoms with Crippen molar-refractivity contribution in [2.75, 3.05) is 0 Å². The van der Waals surface area contributed by atoms with Gasteiger partial charge >= 0.3 is 0 Å². The highest BCUT2D eigenvalue weighted by molar-refractivity contribution is 8.93. The summed E-state index contributed by atoms with van der Waals surface area (Å²) in [6.07, 6.45) is 0. The molecule has 0 saturated heterocycles. The van der Waals surface area contributed by atoms with Gasteiger partial charge in [0.2, 0.25) is 0 Å². The van der Waals surface area contributed by atoms with Gasteiger partial charge in [0, 0.05) is 36.7 Å². The first kappa shape index (κ1) is 21.3. The Balaban J connectivity index is 0.00000243. The number of thioether (sulfide) groups is 2. The van der Waals surface area contributed by atoms with Crippen LogP contribution in [0.15, 0.2) is 24.3 Å². The average molecular weight is 494 g/mol. The van der Waals surface area contributed by atoms with Crippen molar-refractivity contribution in [1.82, 2.24) is 0 Å². The van der Waals surface area contributed by atoms with E-state index < -0.39 is 0 Å². The van der Waals surface area contributed by atoms with Crippen LogP contribution in [0.3, 0.4) is 0 Å². The molecule has 0 unspecified atom stereocenters. The molecule has 0 radical (unpaired) electrons. The van der Waals surface area contributed by atoms with E-state index in [0.717, 1.165) is 31.3 Å². The topological polar surface area (TPSA) is 99.7 Å². The van der Waals surface area contributed by atoms with E-state index in [9.17, 15) is 4.39 Å². The Morgan fingerprint density at radius 1 is 0.962 bits per heavy atom. The zero-order valence-electron chi connectivity index (χ0n) is 13.3. The number of nitrogens with two attached hydrogens (primary N) is 2. The van der Waals surface area contributed by atoms with Gasteiger partial charge in [-0.2, -0.15) is 0 Å². The standard InChI is InChI=1S/C16H14ClFN4S3.BrH/c17-9-1-7(5-23-15(19)20)13-11(3-9)12-4-10(18)2-8(14(12)25-13)6-24-16(21)22;/h1-4H,5-6H2,(H3,19,20)(H3,21,22);1H. The number of rotatable bonds is 4. The number of hydrogen-bond donors (Lipinski definition) is 4. The molecule has 138 valence electrons. The van der Waals surface area contributed by atoms with Crippen LogP contribution in [-0.2, 0) is 11.5 Å². The SMILES string of the molecule is Br.N=C(N)SCc1cc(F)cc2c1sc1c(CSC(=N)N)cc(Cl)cc12. The number of fused-ring (bicyclic) bond motifs is 3. The lowest BCUT2D eigenvalue weighted by Gasteiger charge is -2.04. The second-order valence-corrected chi connectivity index (χ2v) is 8.78. The minimum atomic E-state index is -0.328. The van der Waals surface area contributed by atoms with Crippen molar-refractivity contribution in [3.05, 3.63) is 46.2 Å². The Kier molecular flexibility index (Phi) is 7.20. The lowest BCUT2D eigenvalue weighted by molar-refractivity contribution is 0.629. The van der Waals surface area contributed by atoms with Crippen LogP contribution in [0.4, 0.5) is 4.39 Å². The number of benzene rings is 2. The summed E-state index contributed by atoms with van der Waals surface area (Å²) in [4.78, 5) is 0.